The van der Waals surface area contributed by atoms with Crippen molar-refractivity contribution in [3.8, 4) is 0 Å². The van der Waals surface area contributed by atoms with E-state index < -0.39 is 91.8 Å². The van der Waals surface area contributed by atoms with Crippen LogP contribution < -0.4 is 0 Å². The lowest BCUT2D eigenvalue weighted by molar-refractivity contribution is -0.359. The highest BCUT2D eigenvalue weighted by atomic mass is 35.5. The lowest BCUT2D eigenvalue weighted by Gasteiger charge is -2.50. The van der Waals surface area contributed by atoms with Crippen LogP contribution in [0.3, 0.4) is 0 Å². The van der Waals surface area contributed by atoms with Crippen molar-refractivity contribution in [1.82, 2.24) is 4.90 Å². The molecule has 2 fully saturated rings. The third-order valence-corrected chi connectivity index (χ3v) is 12.5. The van der Waals surface area contributed by atoms with Crippen molar-refractivity contribution in [3.63, 3.8) is 0 Å². The number of carbonyl (C=O) groups excluding carboxylic acids is 4. The number of ether oxygens (including phenoxy) is 9. The Labute approximate surface area is 408 Å². The first kappa shape index (κ1) is 49.8. The standard InChI is InChI=1S/C52H50Cl2FNO13/c1-31(57)62-30-42-45(46(66-32(2)58)43(49(55)67-42)56-50(59)37-23-39(53)40(54)24-38(37)51(56)60)69-52-48(65-28-36-21-13-6-14-22-36)47(64-27-35-19-11-5-12-20-35)44(63-26-34-17-9-4-10-18-34)41(68-52)29-61-25-33-15-7-3-8-16-33/h3-24,41-49,52H,25-30H2,1-2H3/t41-,42-,43-,44-,45-,46-,47+,48-,49-,52+/m1/s1. The Kier molecular flexibility index (Phi) is 16.9. The third kappa shape index (κ3) is 12.2. The van der Waals surface area contributed by atoms with Crippen molar-refractivity contribution >= 4 is 47.0 Å². The molecular formula is C52H50Cl2FNO13. The lowest BCUT2D eigenvalue weighted by atomic mass is 9.94. The molecule has 10 atom stereocenters. The van der Waals surface area contributed by atoms with Crippen molar-refractivity contribution in [2.75, 3.05) is 13.2 Å². The summed E-state index contributed by atoms with van der Waals surface area (Å²) in [5, 5.41) is -0.0506. The molecule has 0 radical (unpaired) electrons. The molecule has 8 rings (SSSR count). The molecule has 2 amide bonds. The minimum Gasteiger partial charge on any atom is -0.463 e. The first-order chi connectivity index (χ1) is 33.4. The van der Waals surface area contributed by atoms with Gasteiger partial charge in [-0.1, -0.05) is 145 Å². The fourth-order valence-electron chi connectivity index (χ4n) is 8.51. The van der Waals surface area contributed by atoms with E-state index in [1.165, 1.54) is 12.1 Å². The van der Waals surface area contributed by atoms with Gasteiger partial charge in [-0.15, -0.1) is 0 Å². The minimum atomic E-state index is -2.50. The molecule has 0 unspecified atom stereocenters. The molecule has 5 aromatic rings. The van der Waals surface area contributed by atoms with Crippen LogP contribution in [0.2, 0.25) is 10.0 Å². The zero-order valence-electron chi connectivity index (χ0n) is 37.6. The highest BCUT2D eigenvalue weighted by molar-refractivity contribution is 6.43. The summed E-state index contributed by atoms with van der Waals surface area (Å²) in [4.78, 5) is 54.3. The predicted molar refractivity (Wildman–Crippen MR) is 247 cm³/mol. The number of alkyl halides is 1. The van der Waals surface area contributed by atoms with Crippen LogP contribution >= 0.6 is 23.2 Å². The van der Waals surface area contributed by atoms with Crippen molar-refractivity contribution in [2.24, 2.45) is 0 Å². The summed E-state index contributed by atoms with van der Waals surface area (Å²) in [5.74, 6) is -3.58. The van der Waals surface area contributed by atoms with Gasteiger partial charge in [0.2, 0.25) is 6.36 Å². The van der Waals surface area contributed by atoms with Crippen molar-refractivity contribution in [3.05, 3.63) is 177 Å². The molecule has 3 heterocycles. The number of fused-ring (bicyclic) bond motifs is 1. The van der Waals surface area contributed by atoms with Gasteiger partial charge in [-0.05, 0) is 34.4 Å². The van der Waals surface area contributed by atoms with Crippen LogP contribution in [0, 0.1) is 0 Å². The highest BCUT2D eigenvalue weighted by Crippen LogP contribution is 2.40. The number of esters is 2. The van der Waals surface area contributed by atoms with Gasteiger partial charge in [0.05, 0.1) is 54.2 Å². The van der Waals surface area contributed by atoms with E-state index in [0.717, 1.165) is 36.1 Å². The average Bonchev–Trinajstić information content (AvgIpc) is 3.57. The molecule has 0 spiro atoms. The van der Waals surface area contributed by atoms with Crippen molar-refractivity contribution < 1.29 is 66.2 Å². The van der Waals surface area contributed by atoms with Crippen molar-refractivity contribution in [1.29, 1.82) is 0 Å². The van der Waals surface area contributed by atoms with Gasteiger partial charge in [0.1, 0.15) is 49.3 Å². The molecular weight excluding hydrogens is 936 g/mol. The summed E-state index contributed by atoms with van der Waals surface area (Å²) >= 11 is 12.5. The second-order valence-corrected chi connectivity index (χ2v) is 17.4. The maximum Gasteiger partial charge on any atom is 0.303 e. The van der Waals surface area contributed by atoms with Crippen LogP contribution in [0.1, 0.15) is 56.8 Å². The van der Waals surface area contributed by atoms with E-state index in [0.29, 0.717) is 4.90 Å². The van der Waals surface area contributed by atoms with E-state index >= 15 is 4.39 Å². The quantitative estimate of drug-likeness (QED) is 0.0577. The first-order valence-corrected chi connectivity index (χ1v) is 23.1. The van der Waals surface area contributed by atoms with Gasteiger partial charge in [-0.2, -0.15) is 0 Å². The van der Waals surface area contributed by atoms with Crippen LogP contribution in [0.25, 0.3) is 0 Å². The van der Waals surface area contributed by atoms with Gasteiger partial charge in [-0.25, -0.2) is 4.39 Å². The highest BCUT2D eigenvalue weighted by Gasteiger charge is 2.59. The van der Waals surface area contributed by atoms with Gasteiger partial charge in [0, 0.05) is 13.8 Å². The van der Waals surface area contributed by atoms with Gasteiger partial charge < -0.3 is 42.6 Å². The van der Waals surface area contributed by atoms with Crippen LogP contribution in [0.15, 0.2) is 133 Å². The molecule has 362 valence electrons. The summed E-state index contributed by atoms with van der Waals surface area (Å²) in [6.45, 7) is 1.99. The number of rotatable bonds is 19. The van der Waals surface area contributed by atoms with E-state index in [2.05, 4.69) is 0 Å². The SMILES string of the molecule is CC(=O)OC[C@H]1O[C@@H](F)[C@H](N2C(=O)c3cc(Cl)c(Cl)cc3C2=O)[C@@H](OC(C)=O)[C@@H]1O[C@@H]1O[C@H](COCc2ccccc2)[C@@H](OCc2ccccc2)[C@H](OCc2ccccc2)[C@H]1OCc1ccccc1. The fraction of sp³-hybridized carbons (Fsp3) is 0.346. The van der Waals surface area contributed by atoms with Crippen LogP contribution in [-0.2, 0) is 78.6 Å². The molecule has 0 aromatic heterocycles. The van der Waals surface area contributed by atoms with E-state index in [1.54, 1.807) is 0 Å². The molecule has 0 bridgehead atoms. The number of hydrogen-bond donors (Lipinski definition) is 0. The Bertz CT molecular complexity index is 2490. The Balaban J connectivity index is 1.21. The molecule has 2 saturated heterocycles. The summed E-state index contributed by atoms with van der Waals surface area (Å²) in [5.41, 5.74) is 3.05. The monoisotopic (exact) mass is 985 g/mol. The van der Waals surface area contributed by atoms with Gasteiger partial charge >= 0.3 is 11.9 Å². The maximum absolute atomic E-state index is 16.9. The van der Waals surface area contributed by atoms with E-state index in [1.807, 2.05) is 121 Å². The molecule has 0 saturated carbocycles. The Hall–Kier alpha value is -5.59. The number of hydrogen-bond acceptors (Lipinski definition) is 13. The summed E-state index contributed by atoms with van der Waals surface area (Å²) in [6.07, 6.45) is -13.0. The molecule has 3 aliphatic heterocycles. The molecule has 14 nitrogen and oxygen atoms in total. The number of benzene rings is 5. The van der Waals surface area contributed by atoms with Gasteiger partial charge in [-0.3, -0.25) is 24.1 Å². The molecule has 5 aromatic carbocycles. The number of halogens is 3. The minimum absolute atomic E-state index is 0.0151. The van der Waals surface area contributed by atoms with Gasteiger partial charge in [0.15, 0.2) is 12.4 Å². The molecule has 0 aliphatic carbocycles. The zero-order valence-corrected chi connectivity index (χ0v) is 39.1. The van der Waals surface area contributed by atoms with E-state index in [-0.39, 0.29) is 54.2 Å². The molecule has 17 heteroatoms. The average molecular weight is 987 g/mol. The first-order valence-electron chi connectivity index (χ1n) is 22.3. The van der Waals surface area contributed by atoms with Crippen molar-refractivity contribution in [2.45, 2.75) is 102 Å². The Morgan fingerprint density at radius 3 is 1.49 bits per heavy atom. The second kappa shape index (κ2) is 23.3. The summed E-state index contributed by atoms with van der Waals surface area (Å²) in [6, 6.07) is 38.3. The largest absolute Gasteiger partial charge is 0.463 e. The maximum atomic E-state index is 16.9. The second-order valence-electron chi connectivity index (χ2n) is 16.6. The topological polar surface area (TPSA) is 155 Å². The third-order valence-electron chi connectivity index (χ3n) is 11.7. The zero-order chi connectivity index (χ0) is 48.4. The van der Waals surface area contributed by atoms with Crippen LogP contribution in [0.5, 0.6) is 0 Å². The smallest absolute Gasteiger partial charge is 0.303 e. The summed E-state index contributed by atoms with van der Waals surface area (Å²) < 4.78 is 74.5. The normalized spacial score (nSPS) is 25.6. The number of amides is 2. The molecule has 69 heavy (non-hydrogen) atoms. The number of carbonyl (C=O) groups is 4. The Morgan fingerprint density at radius 2 is 1.01 bits per heavy atom. The lowest BCUT2D eigenvalue weighted by Crippen LogP contribution is -2.68. The number of imide groups is 1. The summed E-state index contributed by atoms with van der Waals surface area (Å²) in [7, 11) is 0. The van der Waals surface area contributed by atoms with Gasteiger partial charge in [0.25, 0.3) is 11.8 Å². The predicted octanol–water partition coefficient (Wildman–Crippen LogP) is 8.23. The fourth-order valence-corrected chi connectivity index (χ4v) is 8.83. The number of nitrogens with zero attached hydrogens (tertiary/aromatic N) is 1. The molecule has 0 N–H and O–H groups in total. The Morgan fingerprint density at radius 1 is 0.565 bits per heavy atom. The molecule has 3 aliphatic rings. The van der Waals surface area contributed by atoms with Crippen LogP contribution in [-0.4, -0.2) is 103 Å². The van der Waals surface area contributed by atoms with Crippen LogP contribution in [0.4, 0.5) is 4.39 Å². The van der Waals surface area contributed by atoms with E-state index in [9.17, 15) is 19.2 Å². The van der Waals surface area contributed by atoms with E-state index in [4.69, 9.17) is 65.8 Å².